The van der Waals surface area contributed by atoms with Gasteiger partial charge in [-0.15, -0.1) is 10.2 Å². The zero-order chi connectivity index (χ0) is 23.9. The summed E-state index contributed by atoms with van der Waals surface area (Å²) < 4.78 is 13.3. The molecule has 1 saturated carbocycles. The van der Waals surface area contributed by atoms with Crippen molar-refractivity contribution in [1.29, 1.82) is 0 Å². The summed E-state index contributed by atoms with van der Waals surface area (Å²) in [6.45, 7) is 0. The zero-order valence-corrected chi connectivity index (χ0v) is 19.9. The highest BCUT2D eigenvalue weighted by atomic mass is 32.2. The molecule has 1 aliphatic carbocycles. The van der Waals surface area contributed by atoms with Gasteiger partial charge in [0.1, 0.15) is 6.33 Å². The minimum absolute atomic E-state index is 0.173. The number of nitrogens with one attached hydrogen (secondary N) is 2. The maximum Gasteiger partial charge on any atom is 0.255 e. The fourth-order valence-corrected chi connectivity index (χ4v) is 4.39. The van der Waals surface area contributed by atoms with Crippen molar-refractivity contribution in [1.82, 2.24) is 14.8 Å². The minimum Gasteiger partial charge on any atom is -0.493 e. The number of hydrogen-bond donors (Lipinski definition) is 2. The van der Waals surface area contributed by atoms with Gasteiger partial charge in [-0.1, -0.05) is 17.8 Å². The van der Waals surface area contributed by atoms with E-state index in [0.717, 1.165) is 25.7 Å². The lowest BCUT2D eigenvalue weighted by Gasteiger charge is -2.17. The number of carbonyl (C=O) groups is 2. The molecule has 3 aromatic rings. The van der Waals surface area contributed by atoms with E-state index in [1.807, 2.05) is 7.05 Å². The second-order valence-corrected chi connectivity index (χ2v) is 8.93. The van der Waals surface area contributed by atoms with Gasteiger partial charge in [0, 0.05) is 30.1 Å². The molecule has 0 saturated heterocycles. The van der Waals surface area contributed by atoms with E-state index in [1.54, 1.807) is 60.5 Å². The molecular formula is C24H27N5O4S. The number of ether oxygens (including phenoxy) is 2. The summed E-state index contributed by atoms with van der Waals surface area (Å²) >= 11 is 1.28. The van der Waals surface area contributed by atoms with Gasteiger partial charge in [0.25, 0.3) is 5.91 Å². The molecule has 34 heavy (non-hydrogen) atoms. The standard InChI is InChI=1S/C24H27N5O4S/c1-29-15-25-28-24(29)34-14-22(30)26-17-7-5-6-16(12-17)23(31)27-18-10-11-20(32-2)21(13-18)33-19-8-3-4-9-19/h5-7,10-13,15,19H,3-4,8-9,14H2,1-2H3,(H,26,30)(H,27,31). The monoisotopic (exact) mass is 481 g/mol. The van der Waals surface area contributed by atoms with E-state index in [-0.39, 0.29) is 23.7 Å². The van der Waals surface area contributed by atoms with Crippen molar-refractivity contribution in [3.8, 4) is 11.5 Å². The molecule has 4 rings (SSSR count). The van der Waals surface area contributed by atoms with Crippen molar-refractivity contribution >= 4 is 35.0 Å². The summed E-state index contributed by atoms with van der Waals surface area (Å²) in [4.78, 5) is 25.2. The van der Waals surface area contributed by atoms with Gasteiger partial charge in [0.05, 0.1) is 19.0 Å². The molecule has 0 bridgehead atoms. The van der Waals surface area contributed by atoms with Gasteiger partial charge < -0.3 is 24.7 Å². The van der Waals surface area contributed by atoms with Crippen LogP contribution in [0.4, 0.5) is 11.4 Å². The van der Waals surface area contributed by atoms with Crippen molar-refractivity contribution in [2.24, 2.45) is 7.05 Å². The first-order valence-corrected chi connectivity index (χ1v) is 12.0. The third-order valence-corrected chi connectivity index (χ3v) is 6.46. The molecule has 2 aromatic carbocycles. The Labute approximate surface area is 202 Å². The average molecular weight is 482 g/mol. The molecule has 0 atom stereocenters. The van der Waals surface area contributed by atoms with E-state index in [1.165, 1.54) is 11.8 Å². The lowest BCUT2D eigenvalue weighted by molar-refractivity contribution is -0.113. The number of anilines is 2. The molecule has 0 aliphatic heterocycles. The molecule has 1 fully saturated rings. The fourth-order valence-electron chi connectivity index (χ4n) is 3.70. The fraction of sp³-hybridized carbons (Fsp3) is 0.333. The number of amides is 2. The van der Waals surface area contributed by atoms with Gasteiger partial charge in [0.15, 0.2) is 16.7 Å². The van der Waals surface area contributed by atoms with Crippen molar-refractivity contribution < 1.29 is 19.1 Å². The zero-order valence-electron chi connectivity index (χ0n) is 19.1. The lowest BCUT2D eigenvalue weighted by atomic mass is 10.1. The average Bonchev–Trinajstić information content (AvgIpc) is 3.49. The Morgan fingerprint density at radius 1 is 1.09 bits per heavy atom. The number of nitrogens with zero attached hydrogens (tertiary/aromatic N) is 3. The first-order valence-electron chi connectivity index (χ1n) is 11.0. The molecule has 1 aromatic heterocycles. The topological polar surface area (TPSA) is 107 Å². The van der Waals surface area contributed by atoms with E-state index in [2.05, 4.69) is 20.8 Å². The van der Waals surface area contributed by atoms with Crippen LogP contribution < -0.4 is 20.1 Å². The lowest BCUT2D eigenvalue weighted by Crippen LogP contribution is -2.16. The van der Waals surface area contributed by atoms with Crippen molar-refractivity contribution in [3.63, 3.8) is 0 Å². The van der Waals surface area contributed by atoms with E-state index < -0.39 is 0 Å². The van der Waals surface area contributed by atoms with Crippen LogP contribution in [0.5, 0.6) is 11.5 Å². The maximum atomic E-state index is 12.9. The number of methoxy groups -OCH3 is 1. The normalized spacial score (nSPS) is 13.5. The Kier molecular flexibility index (Phi) is 7.69. The summed E-state index contributed by atoms with van der Waals surface area (Å²) in [7, 11) is 3.41. The number of aryl methyl sites for hydroxylation is 1. The molecule has 178 valence electrons. The Bertz CT molecular complexity index is 1160. The first-order chi connectivity index (χ1) is 16.5. The number of thioether (sulfide) groups is 1. The van der Waals surface area contributed by atoms with Gasteiger partial charge in [-0.25, -0.2) is 0 Å². The third kappa shape index (κ3) is 6.07. The van der Waals surface area contributed by atoms with Gasteiger partial charge >= 0.3 is 0 Å². The Hall–Kier alpha value is -3.53. The molecule has 2 N–H and O–H groups in total. The highest BCUT2D eigenvalue weighted by Gasteiger charge is 2.19. The SMILES string of the molecule is COc1ccc(NC(=O)c2cccc(NC(=O)CSc3nncn3C)c2)cc1OC1CCCC1. The van der Waals surface area contributed by atoms with Gasteiger partial charge in [-0.3, -0.25) is 9.59 Å². The molecule has 9 nitrogen and oxygen atoms in total. The van der Waals surface area contributed by atoms with Crippen LogP contribution in [0.2, 0.25) is 0 Å². The Balaban J connectivity index is 1.38. The van der Waals surface area contributed by atoms with Crippen molar-refractivity contribution in [2.75, 3.05) is 23.5 Å². The smallest absolute Gasteiger partial charge is 0.255 e. The molecule has 2 amide bonds. The van der Waals surface area contributed by atoms with Gasteiger partial charge in [-0.05, 0) is 56.0 Å². The molecule has 10 heteroatoms. The van der Waals surface area contributed by atoms with E-state index in [9.17, 15) is 9.59 Å². The highest BCUT2D eigenvalue weighted by molar-refractivity contribution is 7.99. The van der Waals surface area contributed by atoms with Crippen molar-refractivity contribution in [2.45, 2.75) is 36.9 Å². The quantitative estimate of drug-likeness (QED) is 0.443. The molecule has 0 unspecified atom stereocenters. The van der Waals surface area contributed by atoms with Gasteiger partial charge in [-0.2, -0.15) is 0 Å². The van der Waals surface area contributed by atoms with Crippen LogP contribution in [0.3, 0.4) is 0 Å². The molecule has 0 radical (unpaired) electrons. The Morgan fingerprint density at radius 2 is 1.88 bits per heavy atom. The van der Waals surface area contributed by atoms with Crippen LogP contribution in [-0.2, 0) is 11.8 Å². The van der Waals surface area contributed by atoms with Crippen molar-refractivity contribution in [3.05, 3.63) is 54.4 Å². The van der Waals surface area contributed by atoms with E-state index in [4.69, 9.17) is 9.47 Å². The molecule has 1 aliphatic rings. The predicted octanol–water partition coefficient (Wildman–Crippen LogP) is 4.13. The molecule has 0 spiro atoms. The van der Waals surface area contributed by atoms with Crippen LogP contribution >= 0.6 is 11.8 Å². The minimum atomic E-state index is -0.290. The molecular weight excluding hydrogens is 454 g/mol. The largest absolute Gasteiger partial charge is 0.493 e. The summed E-state index contributed by atoms with van der Waals surface area (Å²) in [5, 5.41) is 14.1. The van der Waals surface area contributed by atoms with Gasteiger partial charge in [0.2, 0.25) is 5.91 Å². The number of hydrogen-bond acceptors (Lipinski definition) is 7. The number of rotatable bonds is 9. The number of aromatic nitrogens is 3. The van der Waals surface area contributed by atoms with E-state index >= 15 is 0 Å². The Morgan fingerprint density at radius 3 is 2.62 bits per heavy atom. The van der Waals surface area contributed by atoms with Crippen LogP contribution in [-0.4, -0.2) is 45.5 Å². The number of carbonyl (C=O) groups excluding carboxylic acids is 2. The van der Waals surface area contributed by atoms with E-state index in [0.29, 0.717) is 33.6 Å². The maximum absolute atomic E-state index is 12.9. The number of benzene rings is 2. The van der Waals surface area contributed by atoms with Crippen LogP contribution in [0, 0.1) is 0 Å². The summed E-state index contributed by atoms with van der Waals surface area (Å²) in [6, 6.07) is 12.1. The summed E-state index contributed by atoms with van der Waals surface area (Å²) in [6.07, 6.45) is 6.12. The van der Waals surface area contributed by atoms with Crippen LogP contribution in [0.25, 0.3) is 0 Å². The summed E-state index contributed by atoms with van der Waals surface area (Å²) in [5.41, 5.74) is 1.57. The molecule has 1 heterocycles. The first kappa shape index (κ1) is 23.6. The highest BCUT2D eigenvalue weighted by Crippen LogP contribution is 2.34. The van der Waals surface area contributed by atoms with Crippen LogP contribution in [0.1, 0.15) is 36.0 Å². The second-order valence-electron chi connectivity index (χ2n) is 7.99. The third-order valence-electron chi connectivity index (χ3n) is 5.43. The second kappa shape index (κ2) is 11.1. The summed E-state index contributed by atoms with van der Waals surface area (Å²) in [5.74, 6) is 0.942. The predicted molar refractivity (Wildman–Crippen MR) is 131 cm³/mol. The van der Waals surface area contributed by atoms with Crippen LogP contribution in [0.15, 0.2) is 53.9 Å².